The average Bonchev–Trinajstić information content (AvgIpc) is 3.25. The third-order valence-corrected chi connectivity index (χ3v) is 6.32. The first kappa shape index (κ1) is 30.2. The van der Waals surface area contributed by atoms with Gasteiger partial charge >= 0.3 is 30.4 Å². The van der Waals surface area contributed by atoms with E-state index in [0.29, 0.717) is 0 Å². The van der Waals surface area contributed by atoms with Crippen LogP contribution in [-0.4, -0.2) is 66.7 Å². The van der Waals surface area contributed by atoms with Crippen molar-refractivity contribution in [2.24, 2.45) is 5.92 Å². The van der Waals surface area contributed by atoms with E-state index in [0.717, 1.165) is 18.2 Å². The van der Waals surface area contributed by atoms with E-state index in [1.807, 2.05) is 0 Å². The summed E-state index contributed by atoms with van der Waals surface area (Å²) >= 11 is 0. The molecule has 1 unspecified atom stereocenters. The number of amides is 2. The summed E-state index contributed by atoms with van der Waals surface area (Å²) in [5.41, 5.74) is -10.2. The lowest BCUT2D eigenvalue weighted by molar-refractivity contribution is -0.236. The summed E-state index contributed by atoms with van der Waals surface area (Å²) in [6.07, 6.45) is -13.1. The Kier molecular flexibility index (Phi) is 7.49. The number of rotatable bonds is 4. The van der Waals surface area contributed by atoms with E-state index >= 15 is 0 Å². The summed E-state index contributed by atoms with van der Waals surface area (Å²) in [6, 6.07) is 0.445. The van der Waals surface area contributed by atoms with Crippen LogP contribution in [0.2, 0.25) is 0 Å². The molecule has 1 aromatic rings. The van der Waals surface area contributed by atoms with Gasteiger partial charge in [-0.2, -0.15) is 26.3 Å². The van der Waals surface area contributed by atoms with Gasteiger partial charge in [0.15, 0.2) is 0 Å². The number of nitrogens with zero attached hydrogens (tertiary/aromatic N) is 1. The Bertz CT molecular complexity index is 1160. The van der Waals surface area contributed by atoms with Gasteiger partial charge in [0, 0.05) is 0 Å². The zero-order chi connectivity index (χ0) is 29.8. The van der Waals surface area contributed by atoms with Crippen LogP contribution >= 0.6 is 0 Å². The Hall–Kier alpha value is -3.36. The first-order valence-electron chi connectivity index (χ1n) is 11.7. The predicted octanol–water partition coefficient (Wildman–Crippen LogP) is 3.78. The normalized spacial score (nSPS) is 24.5. The number of ether oxygens (including phenoxy) is 3. The first-order valence-corrected chi connectivity index (χ1v) is 11.7. The van der Waals surface area contributed by atoms with Crippen molar-refractivity contribution >= 4 is 29.6 Å². The maximum absolute atomic E-state index is 14.8. The zero-order valence-corrected chi connectivity index (χ0v) is 21.5. The lowest BCUT2D eigenvalue weighted by atomic mass is 9.60. The number of benzene rings is 1. The fourth-order valence-corrected chi connectivity index (χ4v) is 5.18. The van der Waals surface area contributed by atoms with Crippen molar-refractivity contribution in [2.45, 2.75) is 69.6 Å². The summed E-state index contributed by atoms with van der Waals surface area (Å²) in [4.78, 5) is 54.3. The zero-order valence-electron chi connectivity index (χ0n) is 21.5. The number of esters is 2. The molecule has 3 rings (SSSR count). The highest BCUT2D eigenvalue weighted by molar-refractivity contribution is 6.27. The summed E-state index contributed by atoms with van der Waals surface area (Å²) in [6.45, 7) is 5.35. The molecule has 2 heterocycles. The molecule has 0 radical (unpaired) electrons. The molecule has 9 nitrogen and oxygen atoms in total. The molecule has 0 saturated carbocycles. The molecule has 1 spiro atoms. The largest absolute Gasteiger partial charge is 0.464 e. The lowest BCUT2D eigenvalue weighted by Gasteiger charge is -2.41. The molecule has 0 aliphatic carbocycles. The van der Waals surface area contributed by atoms with Crippen LogP contribution in [0, 0.1) is 5.92 Å². The Morgan fingerprint density at radius 1 is 0.923 bits per heavy atom. The molecule has 39 heavy (non-hydrogen) atoms. The molecule has 0 bridgehead atoms. The van der Waals surface area contributed by atoms with E-state index in [1.54, 1.807) is 0 Å². The molecule has 1 saturated heterocycles. The smallest absolute Gasteiger partial charge is 0.421 e. The SMILES string of the molecule is CCOC(=O)C1(C(=O)OCC)N[C@@H](C(F)(F)F)C(C(F)(F)F)[C@@]12C(=O)N(C(=O)OC(C)(C)C)c1ccccc12. The number of anilines is 1. The van der Waals surface area contributed by atoms with Gasteiger partial charge in [-0.25, -0.2) is 19.3 Å². The Morgan fingerprint density at radius 3 is 1.87 bits per heavy atom. The number of para-hydroxylation sites is 1. The van der Waals surface area contributed by atoms with Crippen molar-refractivity contribution < 1.29 is 59.7 Å². The summed E-state index contributed by atoms with van der Waals surface area (Å²) < 4.78 is 102. The fourth-order valence-electron chi connectivity index (χ4n) is 5.18. The predicted molar refractivity (Wildman–Crippen MR) is 120 cm³/mol. The highest BCUT2D eigenvalue weighted by Crippen LogP contribution is 2.63. The van der Waals surface area contributed by atoms with E-state index < -0.39 is 89.3 Å². The monoisotopic (exact) mass is 568 g/mol. The van der Waals surface area contributed by atoms with Crippen LogP contribution in [0.4, 0.5) is 36.8 Å². The number of carbonyl (C=O) groups is 4. The highest BCUT2D eigenvalue weighted by Gasteiger charge is 2.87. The summed E-state index contributed by atoms with van der Waals surface area (Å²) in [7, 11) is 0. The second kappa shape index (κ2) is 9.68. The van der Waals surface area contributed by atoms with Crippen molar-refractivity contribution in [2.75, 3.05) is 18.1 Å². The van der Waals surface area contributed by atoms with Crippen LogP contribution in [0.5, 0.6) is 0 Å². The van der Waals surface area contributed by atoms with Gasteiger partial charge in [0.1, 0.15) is 23.0 Å². The number of hydrogen-bond acceptors (Lipinski definition) is 8. The quantitative estimate of drug-likeness (QED) is 0.253. The van der Waals surface area contributed by atoms with Crippen LogP contribution in [0.25, 0.3) is 0 Å². The molecule has 216 valence electrons. The highest BCUT2D eigenvalue weighted by atomic mass is 19.4. The van der Waals surface area contributed by atoms with Crippen LogP contribution in [0.15, 0.2) is 24.3 Å². The van der Waals surface area contributed by atoms with E-state index in [-0.39, 0.29) is 4.90 Å². The molecule has 3 atom stereocenters. The maximum Gasteiger partial charge on any atom is 0.421 e. The van der Waals surface area contributed by atoms with Gasteiger partial charge in [0.25, 0.3) is 5.91 Å². The number of halogens is 6. The van der Waals surface area contributed by atoms with Crippen molar-refractivity contribution in [1.29, 1.82) is 0 Å². The topological polar surface area (TPSA) is 111 Å². The number of carbonyl (C=O) groups excluding carboxylic acids is 4. The van der Waals surface area contributed by atoms with Crippen LogP contribution < -0.4 is 10.2 Å². The Balaban J connectivity index is 2.55. The van der Waals surface area contributed by atoms with E-state index in [9.17, 15) is 45.5 Å². The second-order valence-electron chi connectivity index (χ2n) is 9.82. The van der Waals surface area contributed by atoms with Gasteiger partial charge in [-0.3, -0.25) is 10.1 Å². The standard InChI is InChI=1S/C24H26F6N2O7/c1-6-37-17(34)22(18(35)38-7-2)21(14(23(25,26)27)15(31-22)24(28,29)30)12-10-8-9-11-13(12)32(16(21)33)19(36)39-20(3,4)5/h8-11,14-15,31H,6-7H2,1-5H3/t14?,15-,21+/m1/s1. The van der Waals surface area contributed by atoms with Gasteiger partial charge < -0.3 is 14.2 Å². The van der Waals surface area contributed by atoms with E-state index in [4.69, 9.17) is 14.2 Å². The minimum absolute atomic E-state index is 0.104. The maximum atomic E-state index is 14.8. The number of alkyl halides is 6. The molecular formula is C24H26F6N2O7. The number of imide groups is 1. The molecule has 1 fully saturated rings. The van der Waals surface area contributed by atoms with Crippen molar-refractivity contribution in [1.82, 2.24) is 5.32 Å². The number of nitrogens with one attached hydrogen (secondary N) is 1. The van der Waals surface area contributed by atoms with Gasteiger partial charge in [-0.05, 0) is 46.2 Å². The molecule has 0 aromatic heterocycles. The molecular weight excluding hydrogens is 542 g/mol. The fraction of sp³-hybridized carbons (Fsp3) is 0.583. The van der Waals surface area contributed by atoms with Crippen molar-refractivity contribution in [3.05, 3.63) is 29.8 Å². The Labute approximate surface area is 218 Å². The number of hydrogen-bond donors (Lipinski definition) is 1. The first-order chi connectivity index (χ1) is 17.8. The number of fused-ring (bicyclic) bond motifs is 2. The van der Waals surface area contributed by atoms with Crippen molar-refractivity contribution in [3.63, 3.8) is 0 Å². The molecule has 15 heteroatoms. The van der Waals surface area contributed by atoms with E-state index in [2.05, 4.69) is 0 Å². The molecule has 2 amide bonds. The van der Waals surface area contributed by atoms with Crippen LogP contribution in [-0.2, 0) is 34.0 Å². The third-order valence-electron chi connectivity index (χ3n) is 6.32. The third kappa shape index (κ3) is 4.49. The Morgan fingerprint density at radius 2 is 1.44 bits per heavy atom. The minimum atomic E-state index is -5.86. The van der Waals surface area contributed by atoms with Gasteiger partial charge in [-0.1, -0.05) is 18.2 Å². The van der Waals surface area contributed by atoms with Crippen LogP contribution in [0.1, 0.15) is 40.2 Å². The van der Waals surface area contributed by atoms with Gasteiger partial charge in [-0.15, -0.1) is 0 Å². The lowest BCUT2D eigenvalue weighted by Crippen LogP contribution is -2.71. The van der Waals surface area contributed by atoms with E-state index in [1.165, 1.54) is 46.0 Å². The molecule has 1 aromatic carbocycles. The van der Waals surface area contributed by atoms with Crippen molar-refractivity contribution in [3.8, 4) is 0 Å². The molecule has 1 N–H and O–H groups in total. The summed E-state index contributed by atoms with van der Waals surface area (Å²) in [5.74, 6) is -9.56. The second-order valence-corrected chi connectivity index (χ2v) is 9.82. The van der Waals surface area contributed by atoms with Crippen LogP contribution in [0.3, 0.4) is 0 Å². The minimum Gasteiger partial charge on any atom is -0.464 e. The summed E-state index contributed by atoms with van der Waals surface area (Å²) in [5, 5.41) is 1.49. The molecule has 2 aliphatic rings. The van der Waals surface area contributed by atoms with Gasteiger partial charge in [0.2, 0.25) is 5.54 Å². The molecule has 2 aliphatic heterocycles. The van der Waals surface area contributed by atoms with Gasteiger partial charge in [0.05, 0.1) is 18.9 Å². The average molecular weight is 568 g/mol.